The second kappa shape index (κ2) is 5.48. The molecular weight excluding hydrogens is 228 g/mol. The van der Waals surface area contributed by atoms with E-state index in [1.54, 1.807) is 0 Å². The highest BCUT2D eigenvalue weighted by Crippen LogP contribution is 2.34. The van der Waals surface area contributed by atoms with Crippen molar-refractivity contribution in [2.75, 3.05) is 43.6 Å². The molecule has 0 amide bonds. The number of rotatable bonds is 4. The van der Waals surface area contributed by atoms with Crippen molar-refractivity contribution in [2.24, 2.45) is 0 Å². The van der Waals surface area contributed by atoms with Crippen molar-refractivity contribution in [3.8, 4) is 5.75 Å². The van der Waals surface area contributed by atoms with Gasteiger partial charge in [0.15, 0.2) is 0 Å². The zero-order valence-corrected chi connectivity index (χ0v) is 11.4. The number of β-amino-alcohol motifs (C(OH)–C–C–N with tert-alkyl or cyclic N) is 1. The molecule has 1 heterocycles. The molecule has 4 heteroatoms. The van der Waals surface area contributed by atoms with Crippen LogP contribution in [0.3, 0.4) is 0 Å². The molecule has 0 saturated carbocycles. The van der Waals surface area contributed by atoms with Gasteiger partial charge in [0, 0.05) is 32.4 Å². The Morgan fingerprint density at radius 2 is 2.22 bits per heavy atom. The molecule has 100 valence electrons. The number of aliphatic hydroxyl groups excluding tert-OH is 1. The van der Waals surface area contributed by atoms with E-state index in [9.17, 15) is 5.11 Å². The number of hydrogen-bond donors (Lipinski definition) is 1. The molecule has 2 rings (SSSR count). The Morgan fingerprint density at radius 1 is 1.44 bits per heavy atom. The first-order valence-corrected chi connectivity index (χ1v) is 6.49. The van der Waals surface area contributed by atoms with Crippen LogP contribution in [0.2, 0.25) is 0 Å². The van der Waals surface area contributed by atoms with Crippen molar-refractivity contribution in [1.29, 1.82) is 0 Å². The Balaban J connectivity index is 2.21. The predicted octanol–water partition coefficient (Wildman–Crippen LogP) is 1.72. The average Bonchev–Trinajstić information content (AvgIpc) is 2.38. The molecule has 0 fully saturated rings. The molecule has 4 nitrogen and oxygen atoms in total. The fourth-order valence-corrected chi connectivity index (χ4v) is 2.12. The van der Waals surface area contributed by atoms with Crippen molar-refractivity contribution < 1.29 is 9.84 Å². The predicted molar refractivity (Wildman–Crippen MR) is 74.8 cm³/mol. The van der Waals surface area contributed by atoms with Gasteiger partial charge >= 0.3 is 0 Å². The Hall–Kier alpha value is -1.42. The topological polar surface area (TPSA) is 35.9 Å². The summed E-state index contributed by atoms with van der Waals surface area (Å²) in [5.41, 5.74) is 2.21. The molecule has 18 heavy (non-hydrogen) atoms. The van der Waals surface area contributed by atoms with Crippen LogP contribution in [0.15, 0.2) is 18.2 Å². The second-order valence-electron chi connectivity index (χ2n) is 4.90. The molecule has 0 bridgehead atoms. The SMILES string of the molecule is CC[C@@H](O)CN1CCOc2cc(N(C)C)ccc21. The summed E-state index contributed by atoms with van der Waals surface area (Å²) in [6.45, 7) is 4.20. The van der Waals surface area contributed by atoms with Gasteiger partial charge < -0.3 is 19.6 Å². The van der Waals surface area contributed by atoms with Crippen LogP contribution in [-0.4, -0.2) is 45.0 Å². The second-order valence-corrected chi connectivity index (χ2v) is 4.90. The van der Waals surface area contributed by atoms with Crippen molar-refractivity contribution >= 4 is 11.4 Å². The molecule has 0 saturated heterocycles. The van der Waals surface area contributed by atoms with Crippen molar-refractivity contribution in [1.82, 2.24) is 0 Å². The number of anilines is 2. The fraction of sp³-hybridized carbons (Fsp3) is 0.571. The van der Waals surface area contributed by atoms with E-state index in [0.29, 0.717) is 13.2 Å². The first-order valence-electron chi connectivity index (χ1n) is 6.49. The first-order chi connectivity index (χ1) is 8.61. The third-order valence-corrected chi connectivity index (χ3v) is 3.32. The summed E-state index contributed by atoms with van der Waals surface area (Å²) in [6.07, 6.45) is 0.507. The summed E-state index contributed by atoms with van der Waals surface area (Å²) in [4.78, 5) is 4.26. The van der Waals surface area contributed by atoms with Crippen LogP contribution in [0.5, 0.6) is 5.75 Å². The summed E-state index contributed by atoms with van der Waals surface area (Å²) < 4.78 is 5.71. The molecule has 1 atom stereocenters. The van der Waals surface area contributed by atoms with Gasteiger partial charge in [-0.1, -0.05) is 6.92 Å². The summed E-state index contributed by atoms with van der Waals surface area (Å²) in [5, 5.41) is 9.79. The number of benzene rings is 1. The van der Waals surface area contributed by atoms with Gasteiger partial charge in [0.1, 0.15) is 12.4 Å². The number of nitrogens with zero attached hydrogens (tertiary/aromatic N) is 2. The van der Waals surface area contributed by atoms with Gasteiger partial charge in [-0.25, -0.2) is 0 Å². The lowest BCUT2D eigenvalue weighted by atomic mass is 10.1. The minimum atomic E-state index is -0.274. The quantitative estimate of drug-likeness (QED) is 0.882. The van der Waals surface area contributed by atoms with E-state index in [0.717, 1.165) is 30.1 Å². The fourth-order valence-electron chi connectivity index (χ4n) is 2.12. The Kier molecular flexibility index (Phi) is 3.97. The number of fused-ring (bicyclic) bond motifs is 1. The molecule has 0 unspecified atom stereocenters. The smallest absolute Gasteiger partial charge is 0.144 e. The van der Waals surface area contributed by atoms with E-state index in [4.69, 9.17) is 4.74 Å². The van der Waals surface area contributed by atoms with E-state index in [2.05, 4.69) is 28.0 Å². The highest BCUT2D eigenvalue weighted by Gasteiger charge is 2.20. The molecule has 1 aliphatic rings. The van der Waals surface area contributed by atoms with Gasteiger partial charge in [-0.2, -0.15) is 0 Å². The normalized spacial score (nSPS) is 15.9. The standard InChI is InChI=1S/C14H22N2O2/c1-4-12(17)10-16-7-8-18-14-9-11(15(2)3)5-6-13(14)16/h5-6,9,12,17H,4,7-8,10H2,1-3H3/t12-/m1/s1. The summed E-state index contributed by atoms with van der Waals surface area (Å²) in [5.74, 6) is 0.913. The molecule has 1 N–H and O–H groups in total. The summed E-state index contributed by atoms with van der Waals surface area (Å²) in [7, 11) is 4.03. The highest BCUT2D eigenvalue weighted by molar-refractivity contribution is 5.66. The van der Waals surface area contributed by atoms with Crippen LogP contribution >= 0.6 is 0 Å². The van der Waals surface area contributed by atoms with Crippen LogP contribution < -0.4 is 14.5 Å². The van der Waals surface area contributed by atoms with Gasteiger partial charge in [-0.3, -0.25) is 0 Å². The molecular formula is C14H22N2O2. The molecule has 0 aliphatic carbocycles. The molecule has 0 aromatic heterocycles. The maximum absolute atomic E-state index is 9.79. The van der Waals surface area contributed by atoms with Crippen molar-refractivity contribution in [3.63, 3.8) is 0 Å². The molecule has 0 radical (unpaired) electrons. The first kappa shape index (κ1) is 13.0. The highest BCUT2D eigenvalue weighted by atomic mass is 16.5. The number of hydrogen-bond acceptors (Lipinski definition) is 4. The molecule has 1 aromatic carbocycles. The lowest BCUT2D eigenvalue weighted by molar-refractivity contribution is 0.171. The Morgan fingerprint density at radius 3 is 2.89 bits per heavy atom. The van der Waals surface area contributed by atoms with Gasteiger partial charge in [0.25, 0.3) is 0 Å². The summed E-state index contributed by atoms with van der Waals surface area (Å²) >= 11 is 0. The lowest BCUT2D eigenvalue weighted by Gasteiger charge is -2.33. The molecule has 1 aliphatic heterocycles. The van der Waals surface area contributed by atoms with Gasteiger partial charge in [-0.15, -0.1) is 0 Å². The van der Waals surface area contributed by atoms with E-state index in [1.807, 2.05) is 21.0 Å². The van der Waals surface area contributed by atoms with Crippen LogP contribution in [0, 0.1) is 0 Å². The largest absolute Gasteiger partial charge is 0.489 e. The van der Waals surface area contributed by atoms with Crippen molar-refractivity contribution in [3.05, 3.63) is 18.2 Å². The van der Waals surface area contributed by atoms with Crippen LogP contribution in [0.4, 0.5) is 11.4 Å². The maximum Gasteiger partial charge on any atom is 0.144 e. The van der Waals surface area contributed by atoms with Crippen LogP contribution in [0.25, 0.3) is 0 Å². The van der Waals surface area contributed by atoms with E-state index in [-0.39, 0.29) is 6.10 Å². The van der Waals surface area contributed by atoms with Gasteiger partial charge in [-0.05, 0) is 18.6 Å². The third kappa shape index (κ3) is 2.70. The minimum absolute atomic E-state index is 0.274. The Bertz CT molecular complexity index is 407. The van der Waals surface area contributed by atoms with Crippen molar-refractivity contribution in [2.45, 2.75) is 19.4 Å². The van der Waals surface area contributed by atoms with Gasteiger partial charge in [0.05, 0.1) is 18.3 Å². The Labute approximate surface area is 109 Å². The maximum atomic E-state index is 9.79. The van der Waals surface area contributed by atoms with Crippen LogP contribution in [-0.2, 0) is 0 Å². The van der Waals surface area contributed by atoms with Gasteiger partial charge in [0.2, 0.25) is 0 Å². The molecule has 0 spiro atoms. The zero-order chi connectivity index (χ0) is 13.1. The number of aliphatic hydroxyl groups is 1. The number of ether oxygens (including phenoxy) is 1. The van der Waals surface area contributed by atoms with E-state index in [1.165, 1.54) is 0 Å². The lowest BCUT2D eigenvalue weighted by Crippen LogP contribution is -2.38. The van der Waals surface area contributed by atoms with Crippen LogP contribution in [0.1, 0.15) is 13.3 Å². The van der Waals surface area contributed by atoms with E-state index >= 15 is 0 Å². The average molecular weight is 250 g/mol. The minimum Gasteiger partial charge on any atom is -0.489 e. The van der Waals surface area contributed by atoms with E-state index < -0.39 is 0 Å². The zero-order valence-electron chi connectivity index (χ0n) is 11.4. The molecule has 1 aromatic rings. The summed E-state index contributed by atoms with van der Waals surface area (Å²) in [6, 6.07) is 6.21. The third-order valence-electron chi connectivity index (χ3n) is 3.32. The monoisotopic (exact) mass is 250 g/mol.